The summed E-state index contributed by atoms with van der Waals surface area (Å²) in [6.07, 6.45) is 1.32. The zero-order valence-corrected chi connectivity index (χ0v) is 15.9. The van der Waals surface area contributed by atoms with E-state index in [1.54, 1.807) is 0 Å². The van der Waals surface area contributed by atoms with E-state index in [0.29, 0.717) is 19.4 Å². The van der Waals surface area contributed by atoms with Gasteiger partial charge in [0.15, 0.2) is 0 Å². The van der Waals surface area contributed by atoms with Crippen LogP contribution in [0.15, 0.2) is 51.4 Å². The lowest BCUT2D eigenvalue weighted by Crippen LogP contribution is -2.45. The molecule has 3 rings (SSSR count). The molecule has 0 spiro atoms. The lowest BCUT2D eigenvalue weighted by molar-refractivity contribution is -0.152. The summed E-state index contributed by atoms with van der Waals surface area (Å²) in [6.45, 7) is 0.569. The van der Waals surface area contributed by atoms with E-state index in [1.165, 1.54) is 7.11 Å². The van der Waals surface area contributed by atoms with Crippen molar-refractivity contribution in [2.45, 2.75) is 12.8 Å². The quantitative estimate of drug-likeness (QED) is 0.712. The van der Waals surface area contributed by atoms with Gasteiger partial charge in [-0.1, -0.05) is 50.1 Å². The van der Waals surface area contributed by atoms with Crippen molar-refractivity contribution in [3.05, 3.63) is 62.5 Å². The zero-order chi connectivity index (χ0) is 16.4. The number of anilines is 1. The Labute approximate surface area is 152 Å². The van der Waals surface area contributed by atoms with Gasteiger partial charge in [-0.15, -0.1) is 0 Å². The topological polar surface area (TPSA) is 38.3 Å². The monoisotopic (exact) mass is 437 g/mol. The SMILES string of the molecule is COC(=O)[C@@]1(Cc2ccc(Br)cc2)CNc2cc(Br)ccc2C1. The summed E-state index contributed by atoms with van der Waals surface area (Å²) >= 11 is 6.93. The Morgan fingerprint density at radius 2 is 1.87 bits per heavy atom. The van der Waals surface area contributed by atoms with Gasteiger partial charge in [0.05, 0.1) is 12.5 Å². The van der Waals surface area contributed by atoms with E-state index in [4.69, 9.17) is 4.74 Å². The first kappa shape index (κ1) is 16.5. The van der Waals surface area contributed by atoms with Crippen LogP contribution in [0, 0.1) is 5.41 Å². The minimum Gasteiger partial charge on any atom is -0.469 e. The van der Waals surface area contributed by atoms with E-state index >= 15 is 0 Å². The average Bonchev–Trinajstić information content (AvgIpc) is 2.56. The number of fused-ring (bicyclic) bond motifs is 1. The van der Waals surface area contributed by atoms with Crippen molar-refractivity contribution >= 4 is 43.5 Å². The smallest absolute Gasteiger partial charge is 0.314 e. The number of rotatable bonds is 3. The zero-order valence-electron chi connectivity index (χ0n) is 12.7. The highest BCUT2D eigenvalue weighted by Crippen LogP contribution is 2.38. The number of ether oxygens (including phenoxy) is 1. The molecule has 0 saturated heterocycles. The van der Waals surface area contributed by atoms with Gasteiger partial charge in [0.25, 0.3) is 0 Å². The maximum absolute atomic E-state index is 12.6. The van der Waals surface area contributed by atoms with Crippen LogP contribution < -0.4 is 5.32 Å². The molecule has 0 fully saturated rings. The third-order valence-corrected chi connectivity index (χ3v) is 5.31. The van der Waals surface area contributed by atoms with Crippen molar-refractivity contribution in [1.29, 1.82) is 0 Å². The number of esters is 1. The molecule has 0 aromatic heterocycles. The second-order valence-electron chi connectivity index (χ2n) is 5.91. The number of carbonyl (C=O) groups excluding carboxylic acids is 1. The fraction of sp³-hybridized carbons (Fsp3) is 0.278. The average molecular weight is 439 g/mol. The maximum Gasteiger partial charge on any atom is 0.314 e. The predicted molar refractivity (Wildman–Crippen MR) is 98.6 cm³/mol. The van der Waals surface area contributed by atoms with Gasteiger partial charge in [0, 0.05) is 21.2 Å². The molecule has 2 aromatic rings. The van der Waals surface area contributed by atoms with Gasteiger partial charge in [-0.25, -0.2) is 0 Å². The summed E-state index contributed by atoms with van der Waals surface area (Å²) in [4.78, 5) is 12.6. The third-order valence-electron chi connectivity index (χ3n) is 4.29. The van der Waals surface area contributed by atoms with Crippen molar-refractivity contribution < 1.29 is 9.53 Å². The van der Waals surface area contributed by atoms with E-state index in [-0.39, 0.29) is 5.97 Å². The minimum absolute atomic E-state index is 0.165. The molecule has 0 bridgehead atoms. The van der Waals surface area contributed by atoms with Crippen LogP contribution in [-0.2, 0) is 22.4 Å². The summed E-state index contributed by atoms with van der Waals surface area (Å²) in [5.41, 5.74) is 2.77. The molecule has 0 radical (unpaired) electrons. The third kappa shape index (κ3) is 3.45. The van der Waals surface area contributed by atoms with Crippen LogP contribution in [-0.4, -0.2) is 19.6 Å². The Morgan fingerprint density at radius 3 is 2.57 bits per heavy atom. The van der Waals surface area contributed by atoms with Gasteiger partial charge < -0.3 is 10.1 Å². The number of methoxy groups -OCH3 is 1. The van der Waals surface area contributed by atoms with Gasteiger partial charge in [0.2, 0.25) is 0 Å². The number of hydrogen-bond acceptors (Lipinski definition) is 3. The molecule has 1 N–H and O–H groups in total. The number of nitrogens with one attached hydrogen (secondary N) is 1. The summed E-state index contributed by atoms with van der Waals surface area (Å²) in [5, 5.41) is 3.40. The lowest BCUT2D eigenvalue weighted by Gasteiger charge is -2.36. The number of carbonyl (C=O) groups is 1. The molecule has 2 aromatic carbocycles. The first-order valence-electron chi connectivity index (χ1n) is 7.38. The fourth-order valence-corrected chi connectivity index (χ4v) is 3.74. The second kappa shape index (κ2) is 6.65. The van der Waals surface area contributed by atoms with Crippen molar-refractivity contribution in [1.82, 2.24) is 0 Å². The standard InChI is InChI=1S/C18H17Br2NO2/c1-23-17(22)18(9-12-2-5-14(19)6-3-12)10-13-4-7-15(20)8-16(13)21-11-18/h2-8,21H,9-11H2,1H3/t18-/m1/s1. The van der Waals surface area contributed by atoms with Crippen molar-refractivity contribution in [2.75, 3.05) is 19.0 Å². The van der Waals surface area contributed by atoms with Crippen molar-refractivity contribution in [2.24, 2.45) is 5.41 Å². The van der Waals surface area contributed by atoms with E-state index in [0.717, 1.165) is 25.8 Å². The number of hydrogen-bond donors (Lipinski definition) is 1. The summed E-state index contributed by atoms with van der Waals surface area (Å²) in [6, 6.07) is 14.2. The molecular formula is C18H17Br2NO2. The second-order valence-corrected chi connectivity index (χ2v) is 7.74. The molecule has 1 aliphatic rings. The van der Waals surface area contributed by atoms with E-state index in [1.807, 2.05) is 30.3 Å². The molecular weight excluding hydrogens is 422 g/mol. The maximum atomic E-state index is 12.6. The summed E-state index contributed by atoms with van der Waals surface area (Å²) in [7, 11) is 1.46. The van der Waals surface area contributed by atoms with Crippen LogP contribution in [0.3, 0.4) is 0 Å². The van der Waals surface area contributed by atoms with Crippen molar-refractivity contribution in [3.8, 4) is 0 Å². The molecule has 3 nitrogen and oxygen atoms in total. The molecule has 0 unspecified atom stereocenters. The molecule has 1 atom stereocenters. The van der Waals surface area contributed by atoms with Crippen LogP contribution in [0.2, 0.25) is 0 Å². The Bertz CT molecular complexity index is 730. The van der Waals surface area contributed by atoms with Gasteiger partial charge in [-0.05, 0) is 48.2 Å². The molecule has 1 heterocycles. The van der Waals surface area contributed by atoms with Crippen LogP contribution in [0.5, 0.6) is 0 Å². The summed E-state index contributed by atoms with van der Waals surface area (Å²) in [5.74, 6) is -0.165. The van der Waals surface area contributed by atoms with Crippen LogP contribution >= 0.6 is 31.9 Å². The Kier molecular flexibility index (Phi) is 4.78. The van der Waals surface area contributed by atoms with Gasteiger partial charge >= 0.3 is 5.97 Å². The number of benzene rings is 2. The molecule has 120 valence electrons. The van der Waals surface area contributed by atoms with Gasteiger partial charge in [0.1, 0.15) is 0 Å². The highest BCUT2D eigenvalue weighted by molar-refractivity contribution is 9.10. The Hall–Kier alpha value is -1.33. The van der Waals surface area contributed by atoms with E-state index < -0.39 is 5.41 Å². The highest BCUT2D eigenvalue weighted by atomic mass is 79.9. The largest absolute Gasteiger partial charge is 0.469 e. The lowest BCUT2D eigenvalue weighted by atomic mass is 9.74. The Balaban J connectivity index is 1.94. The predicted octanol–water partition coefficient (Wildman–Crippen LogP) is 4.58. The van der Waals surface area contributed by atoms with Crippen LogP contribution in [0.25, 0.3) is 0 Å². The molecule has 0 saturated carbocycles. The molecule has 0 aliphatic carbocycles. The molecule has 5 heteroatoms. The van der Waals surface area contributed by atoms with Crippen LogP contribution in [0.4, 0.5) is 5.69 Å². The Morgan fingerprint density at radius 1 is 1.17 bits per heavy atom. The molecule has 23 heavy (non-hydrogen) atoms. The van der Waals surface area contributed by atoms with E-state index in [9.17, 15) is 4.79 Å². The van der Waals surface area contributed by atoms with Crippen LogP contribution in [0.1, 0.15) is 11.1 Å². The normalized spacial score (nSPS) is 19.6. The van der Waals surface area contributed by atoms with Crippen molar-refractivity contribution in [3.63, 3.8) is 0 Å². The first-order chi connectivity index (χ1) is 11.0. The highest BCUT2D eigenvalue weighted by Gasteiger charge is 2.42. The van der Waals surface area contributed by atoms with E-state index in [2.05, 4.69) is 49.3 Å². The fourth-order valence-electron chi connectivity index (χ4n) is 3.11. The minimum atomic E-state index is -0.580. The number of halogens is 2. The molecule has 0 amide bonds. The molecule has 1 aliphatic heterocycles. The summed E-state index contributed by atoms with van der Waals surface area (Å²) < 4.78 is 7.19. The van der Waals surface area contributed by atoms with Gasteiger partial charge in [-0.3, -0.25) is 4.79 Å². The van der Waals surface area contributed by atoms with Gasteiger partial charge in [-0.2, -0.15) is 0 Å². The first-order valence-corrected chi connectivity index (χ1v) is 8.96.